The van der Waals surface area contributed by atoms with Gasteiger partial charge in [0, 0.05) is 6.54 Å². The van der Waals surface area contributed by atoms with E-state index in [1.807, 2.05) is 25.1 Å². The zero-order valence-electron chi connectivity index (χ0n) is 17.8. The highest BCUT2D eigenvalue weighted by Gasteiger charge is 2.24. The molecule has 0 amide bonds. The Hall–Kier alpha value is -3.39. The molecule has 0 aliphatic heterocycles. The zero-order valence-corrected chi connectivity index (χ0v) is 19.3. The number of carbonyl (C=O) groups is 2. The number of nitrogens with zero attached hydrogens (tertiary/aromatic N) is 3. The van der Waals surface area contributed by atoms with E-state index in [1.54, 1.807) is 18.2 Å². The number of fused-ring (bicyclic) bond motifs is 1. The quantitative estimate of drug-likeness (QED) is 0.450. The number of benzene rings is 3. The smallest absolute Gasteiger partial charge is 0.340 e. The zero-order chi connectivity index (χ0) is 23.9. The van der Waals surface area contributed by atoms with Crippen LogP contribution in [0.25, 0.3) is 16.7 Å². The summed E-state index contributed by atoms with van der Waals surface area (Å²) in [5, 5.41) is 9.45. The first-order valence-corrected chi connectivity index (χ1v) is 10.7. The number of imidazole rings is 1. The van der Waals surface area contributed by atoms with Gasteiger partial charge in [0.25, 0.3) is 5.91 Å². The van der Waals surface area contributed by atoms with Gasteiger partial charge in [0.15, 0.2) is 0 Å². The molecule has 0 bridgehead atoms. The molecule has 3 aromatic carbocycles. The Kier molecular flexibility index (Phi) is 6.12. The summed E-state index contributed by atoms with van der Waals surface area (Å²) < 4.78 is 2.41. The molecule has 168 valence electrons. The second-order valence-electron chi connectivity index (χ2n) is 7.77. The average Bonchev–Trinajstić information content (AvgIpc) is 3.04. The predicted octanol–water partition coefficient (Wildman–Crippen LogP) is 4.55. The number of aromatic carboxylic acids is 1. The van der Waals surface area contributed by atoms with Gasteiger partial charge in [-0.05, 0) is 68.2 Å². The van der Waals surface area contributed by atoms with Crippen LogP contribution < -0.4 is 5.69 Å². The fourth-order valence-electron chi connectivity index (χ4n) is 3.72. The molecule has 0 saturated heterocycles. The van der Waals surface area contributed by atoms with Crippen molar-refractivity contribution in [2.24, 2.45) is 0 Å². The van der Waals surface area contributed by atoms with Crippen molar-refractivity contribution in [3.05, 3.63) is 97.9 Å². The molecule has 4 aromatic rings. The van der Waals surface area contributed by atoms with E-state index in [-0.39, 0.29) is 21.2 Å². The fourth-order valence-corrected chi connectivity index (χ4v) is 4.28. The summed E-state index contributed by atoms with van der Waals surface area (Å²) in [6.45, 7) is 0.601. The van der Waals surface area contributed by atoms with Gasteiger partial charge in [0.05, 0.1) is 37.9 Å². The van der Waals surface area contributed by atoms with Crippen molar-refractivity contribution in [3.8, 4) is 5.69 Å². The maximum absolute atomic E-state index is 13.6. The molecule has 0 radical (unpaired) electrons. The number of halogens is 2. The summed E-state index contributed by atoms with van der Waals surface area (Å²) >= 11 is 12.5. The summed E-state index contributed by atoms with van der Waals surface area (Å²) in [5.74, 6) is -1.73. The SMILES string of the molecule is CN(C)Cc1ccc2c(c1)n(C(=O)c1c(Cl)cccc1Cl)c(=O)n2-c1ccc(C(=O)O)cc1. The van der Waals surface area contributed by atoms with Gasteiger partial charge in [0.1, 0.15) is 0 Å². The largest absolute Gasteiger partial charge is 0.478 e. The molecule has 0 fully saturated rings. The fraction of sp³-hybridized carbons (Fsp3) is 0.125. The van der Waals surface area contributed by atoms with Crippen LogP contribution in [0.2, 0.25) is 10.0 Å². The third-order valence-electron chi connectivity index (χ3n) is 5.16. The molecule has 4 rings (SSSR count). The van der Waals surface area contributed by atoms with Crippen LogP contribution in [-0.4, -0.2) is 45.1 Å². The molecule has 1 aromatic heterocycles. The van der Waals surface area contributed by atoms with Gasteiger partial charge in [-0.3, -0.25) is 9.36 Å². The molecule has 7 nitrogen and oxygen atoms in total. The first-order valence-electron chi connectivity index (χ1n) is 9.92. The first kappa shape index (κ1) is 22.8. The molecule has 0 aliphatic rings. The Morgan fingerprint density at radius 3 is 2.15 bits per heavy atom. The molecule has 0 atom stereocenters. The van der Waals surface area contributed by atoms with Gasteiger partial charge in [-0.15, -0.1) is 0 Å². The minimum absolute atomic E-state index is 0.0289. The number of carboxylic acid groups (broad SMARTS) is 1. The van der Waals surface area contributed by atoms with Crippen molar-refractivity contribution in [3.63, 3.8) is 0 Å². The van der Waals surface area contributed by atoms with Gasteiger partial charge in [-0.1, -0.05) is 35.3 Å². The molecule has 0 saturated carbocycles. The topological polar surface area (TPSA) is 84.5 Å². The van der Waals surface area contributed by atoms with Crippen molar-refractivity contribution in [2.75, 3.05) is 14.1 Å². The maximum Gasteiger partial charge on any atom is 0.340 e. The Morgan fingerprint density at radius 1 is 0.939 bits per heavy atom. The van der Waals surface area contributed by atoms with Crippen LogP contribution in [0, 0.1) is 0 Å². The lowest BCUT2D eigenvalue weighted by Crippen LogP contribution is -2.29. The summed E-state index contributed by atoms with van der Waals surface area (Å²) in [7, 11) is 3.84. The monoisotopic (exact) mass is 483 g/mol. The van der Waals surface area contributed by atoms with E-state index in [4.69, 9.17) is 23.2 Å². The third kappa shape index (κ3) is 4.18. The third-order valence-corrected chi connectivity index (χ3v) is 5.79. The highest BCUT2D eigenvalue weighted by atomic mass is 35.5. The Balaban J connectivity index is 2.00. The average molecular weight is 484 g/mol. The van der Waals surface area contributed by atoms with Crippen LogP contribution >= 0.6 is 23.2 Å². The normalized spacial score (nSPS) is 11.3. The van der Waals surface area contributed by atoms with Crippen LogP contribution in [0.5, 0.6) is 0 Å². The van der Waals surface area contributed by atoms with E-state index in [0.29, 0.717) is 23.3 Å². The number of aromatic nitrogens is 2. The lowest BCUT2D eigenvalue weighted by Gasteiger charge is -2.10. The molecule has 1 N–H and O–H groups in total. The van der Waals surface area contributed by atoms with Gasteiger partial charge in [-0.25, -0.2) is 14.2 Å². The molecule has 1 heterocycles. The van der Waals surface area contributed by atoms with Gasteiger partial charge >= 0.3 is 11.7 Å². The summed E-state index contributed by atoms with van der Waals surface area (Å²) in [6, 6.07) is 16.0. The maximum atomic E-state index is 13.6. The Bertz CT molecular complexity index is 1430. The van der Waals surface area contributed by atoms with Crippen molar-refractivity contribution < 1.29 is 14.7 Å². The number of hydrogen-bond acceptors (Lipinski definition) is 4. The van der Waals surface area contributed by atoms with Crippen molar-refractivity contribution >= 4 is 46.1 Å². The van der Waals surface area contributed by atoms with E-state index in [2.05, 4.69) is 0 Å². The molecular formula is C24H19Cl2N3O4. The molecule has 33 heavy (non-hydrogen) atoms. The van der Waals surface area contributed by atoms with Crippen molar-refractivity contribution in [1.29, 1.82) is 0 Å². The highest BCUT2D eigenvalue weighted by molar-refractivity contribution is 6.39. The Labute approximate surface area is 199 Å². The van der Waals surface area contributed by atoms with Crippen LogP contribution in [0.15, 0.2) is 65.5 Å². The number of carboxylic acids is 1. The van der Waals surface area contributed by atoms with Crippen LogP contribution in [0.3, 0.4) is 0 Å². The summed E-state index contributed by atoms with van der Waals surface area (Å²) in [5.41, 5.74) is 1.70. The van der Waals surface area contributed by atoms with Crippen molar-refractivity contribution in [2.45, 2.75) is 6.54 Å². The minimum atomic E-state index is -1.08. The number of carbonyl (C=O) groups excluding carboxylic acids is 1. The van der Waals surface area contributed by atoms with Crippen LogP contribution in [-0.2, 0) is 6.54 Å². The Morgan fingerprint density at radius 2 is 1.58 bits per heavy atom. The molecular weight excluding hydrogens is 465 g/mol. The molecule has 0 aliphatic carbocycles. The van der Waals surface area contributed by atoms with E-state index >= 15 is 0 Å². The van der Waals surface area contributed by atoms with Crippen LogP contribution in [0.4, 0.5) is 0 Å². The van der Waals surface area contributed by atoms with E-state index in [0.717, 1.165) is 10.1 Å². The second-order valence-corrected chi connectivity index (χ2v) is 8.58. The second kappa shape index (κ2) is 8.86. The lowest BCUT2D eigenvalue weighted by molar-refractivity contribution is 0.0696. The van der Waals surface area contributed by atoms with E-state index < -0.39 is 17.6 Å². The number of rotatable bonds is 5. The van der Waals surface area contributed by atoms with Gasteiger partial charge in [0.2, 0.25) is 0 Å². The van der Waals surface area contributed by atoms with E-state index in [1.165, 1.54) is 41.0 Å². The standard InChI is InChI=1S/C24H19Cl2N3O4/c1-27(2)13-14-6-11-19-20(12-14)29(22(30)21-17(25)4-3-5-18(21)26)24(33)28(19)16-9-7-15(8-10-16)23(31)32/h3-12H,13H2,1-2H3,(H,31,32). The van der Waals surface area contributed by atoms with Gasteiger partial charge < -0.3 is 10.0 Å². The van der Waals surface area contributed by atoms with Gasteiger partial charge in [-0.2, -0.15) is 0 Å². The van der Waals surface area contributed by atoms with Crippen LogP contribution in [0.1, 0.15) is 26.3 Å². The van der Waals surface area contributed by atoms with Crippen molar-refractivity contribution in [1.82, 2.24) is 14.0 Å². The first-order chi connectivity index (χ1) is 15.7. The minimum Gasteiger partial charge on any atom is -0.478 e. The highest BCUT2D eigenvalue weighted by Crippen LogP contribution is 2.27. The molecule has 9 heteroatoms. The number of hydrogen-bond donors (Lipinski definition) is 1. The molecule has 0 spiro atoms. The summed E-state index contributed by atoms with van der Waals surface area (Å²) in [4.78, 5) is 40.3. The summed E-state index contributed by atoms with van der Waals surface area (Å²) in [6.07, 6.45) is 0. The predicted molar refractivity (Wildman–Crippen MR) is 128 cm³/mol. The van der Waals surface area contributed by atoms with E-state index in [9.17, 15) is 19.5 Å². The lowest BCUT2D eigenvalue weighted by atomic mass is 10.1. The molecule has 0 unspecified atom stereocenters.